The number of nitrogens with one attached hydrogen (secondary N) is 1. The monoisotopic (exact) mass is 286 g/mol. The van der Waals surface area contributed by atoms with Crippen molar-refractivity contribution in [2.75, 3.05) is 6.61 Å². The first-order chi connectivity index (χ1) is 10.2. The molecule has 0 unspecified atom stereocenters. The molecule has 1 aliphatic carbocycles. The molecule has 2 aromatic rings. The fourth-order valence-corrected chi connectivity index (χ4v) is 2.27. The minimum Gasteiger partial charge on any atom is -0.491 e. The van der Waals surface area contributed by atoms with E-state index in [2.05, 4.69) is 15.3 Å². The smallest absolute Gasteiger partial charge is 0.142 e. The standard InChI is InChI=1S/C16H22N4O/c1-12-3-6-15(14(19-12)11-18-13-4-5-13)21-10-7-16-17-8-9-20(16)2/h3,6,8-9,13,18H,4-5,7,10-11H2,1-2H3. The van der Waals surface area contributed by atoms with Crippen LogP contribution in [0.1, 0.15) is 30.1 Å². The summed E-state index contributed by atoms with van der Waals surface area (Å²) in [5.41, 5.74) is 2.03. The van der Waals surface area contributed by atoms with Crippen LogP contribution in [-0.2, 0) is 20.0 Å². The minimum atomic E-state index is 0.617. The Morgan fingerprint density at radius 2 is 2.24 bits per heavy atom. The van der Waals surface area contributed by atoms with Crippen LogP contribution >= 0.6 is 0 Å². The molecule has 0 amide bonds. The summed E-state index contributed by atoms with van der Waals surface area (Å²) in [4.78, 5) is 8.90. The minimum absolute atomic E-state index is 0.617. The predicted molar refractivity (Wildman–Crippen MR) is 81.2 cm³/mol. The zero-order chi connectivity index (χ0) is 14.7. The fraction of sp³-hybridized carbons (Fsp3) is 0.500. The van der Waals surface area contributed by atoms with Gasteiger partial charge in [-0.05, 0) is 31.9 Å². The molecule has 0 radical (unpaired) electrons. The van der Waals surface area contributed by atoms with Crippen LogP contribution in [0.2, 0.25) is 0 Å². The molecule has 1 N–H and O–H groups in total. The zero-order valence-corrected chi connectivity index (χ0v) is 12.7. The molecule has 5 nitrogen and oxygen atoms in total. The lowest BCUT2D eigenvalue weighted by Gasteiger charge is -2.12. The van der Waals surface area contributed by atoms with E-state index in [0.29, 0.717) is 12.6 Å². The highest BCUT2D eigenvalue weighted by molar-refractivity contribution is 5.29. The predicted octanol–water partition coefficient (Wildman–Crippen LogP) is 2.00. The molecule has 1 fully saturated rings. The average Bonchev–Trinajstić information content (AvgIpc) is 3.21. The lowest BCUT2D eigenvalue weighted by atomic mass is 10.2. The van der Waals surface area contributed by atoms with E-state index in [1.54, 1.807) is 0 Å². The van der Waals surface area contributed by atoms with Crippen LogP contribution < -0.4 is 10.1 Å². The Kier molecular flexibility index (Phi) is 4.20. The van der Waals surface area contributed by atoms with Gasteiger partial charge in [0, 0.05) is 44.1 Å². The number of imidazole rings is 1. The van der Waals surface area contributed by atoms with Gasteiger partial charge in [0.1, 0.15) is 11.6 Å². The van der Waals surface area contributed by atoms with Gasteiger partial charge >= 0.3 is 0 Å². The fourth-order valence-electron chi connectivity index (χ4n) is 2.27. The zero-order valence-electron chi connectivity index (χ0n) is 12.7. The second-order valence-corrected chi connectivity index (χ2v) is 5.61. The molecule has 0 aromatic carbocycles. The van der Waals surface area contributed by atoms with E-state index >= 15 is 0 Å². The third kappa shape index (κ3) is 3.82. The number of hydrogen-bond donors (Lipinski definition) is 1. The highest BCUT2D eigenvalue weighted by Crippen LogP contribution is 2.22. The van der Waals surface area contributed by atoms with Crippen molar-refractivity contribution in [3.8, 4) is 5.75 Å². The largest absolute Gasteiger partial charge is 0.491 e. The number of hydrogen-bond acceptors (Lipinski definition) is 4. The molecular weight excluding hydrogens is 264 g/mol. The molecule has 1 saturated carbocycles. The van der Waals surface area contributed by atoms with E-state index in [9.17, 15) is 0 Å². The number of ether oxygens (including phenoxy) is 1. The van der Waals surface area contributed by atoms with E-state index < -0.39 is 0 Å². The Hall–Kier alpha value is -1.88. The molecule has 112 valence electrons. The second-order valence-electron chi connectivity index (χ2n) is 5.61. The number of nitrogens with zero attached hydrogens (tertiary/aromatic N) is 3. The summed E-state index contributed by atoms with van der Waals surface area (Å²) in [6.07, 6.45) is 7.12. The molecule has 0 spiro atoms. The van der Waals surface area contributed by atoms with Gasteiger partial charge in [-0.3, -0.25) is 4.98 Å². The molecule has 0 bridgehead atoms. The van der Waals surface area contributed by atoms with E-state index in [4.69, 9.17) is 4.74 Å². The Balaban J connectivity index is 1.59. The van der Waals surface area contributed by atoms with Gasteiger partial charge in [-0.2, -0.15) is 0 Å². The van der Waals surface area contributed by atoms with Crippen molar-refractivity contribution in [2.45, 2.75) is 38.8 Å². The molecule has 2 aromatic heterocycles. The summed E-state index contributed by atoms with van der Waals surface area (Å²) in [7, 11) is 2.00. The normalized spacial score (nSPS) is 14.4. The maximum absolute atomic E-state index is 5.92. The van der Waals surface area contributed by atoms with Crippen LogP contribution in [0.15, 0.2) is 24.5 Å². The summed E-state index contributed by atoms with van der Waals surface area (Å²) in [5.74, 6) is 1.91. The van der Waals surface area contributed by atoms with Gasteiger partial charge in [-0.1, -0.05) is 0 Å². The summed E-state index contributed by atoms with van der Waals surface area (Å²) in [6.45, 7) is 3.41. The first-order valence-corrected chi connectivity index (χ1v) is 7.51. The van der Waals surface area contributed by atoms with Crippen molar-refractivity contribution < 1.29 is 4.74 Å². The lowest BCUT2D eigenvalue weighted by Crippen LogP contribution is -2.18. The molecule has 0 saturated heterocycles. The maximum Gasteiger partial charge on any atom is 0.142 e. The number of pyridine rings is 1. The highest BCUT2D eigenvalue weighted by Gasteiger charge is 2.21. The Bertz CT molecular complexity index is 604. The van der Waals surface area contributed by atoms with Crippen molar-refractivity contribution in [3.63, 3.8) is 0 Å². The van der Waals surface area contributed by atoms with E-state index in [-0.39, 0.29) is 0 Å². The van der Waals surface area contributed by atoms with Crippen molar-refractivity contribution in [1.29, 1.82) is 0 Å². The Morgan fingerprint density at radius 1 is 1.38 bits per heavy atom. The summed E-state index contributed by atoms with van der Waals surface area (Å²) in [5, 5.41) is 3.49. The molecule has 2 heterocycles. The Morgan fingerprint density at radius 3 is 2.95 bits per heavy atom. The second kappa shape index (κ2) is 6.26. The first kappa shape index (κ1) is 14.1. The third-order valence-corrected chi connectivity index (χ3v) is 3.71. The van der Waals surface area contributed by atoms with Crippen LogP contribution in [0, 0.1) is 6.92 Å². The van der Waals surface area contributed by atoms with Gasteiger partial charge in [0.15, 0.2) is 0 Å². The summed E-state index contributed by atoms with van der Waals surface area (Å²) in [6, 6.07) is 4.69. The molecule has 21 heavy (non-hydrogen) atoms. The molecular formula is C16H22N4O. The van der Waals surface area contributed by atoms with E-state index in [1.165, 1.54) is 12.8 Å². The number of rotatable bonds is 7. The highest BCUT2D eigenvalue weighted by atomic mass is 16.5. The first-order valence-electron chi connectivity index (χ1n) is 7.51. The van der Waals surface area contributed by atoms with Crippen LogP contribution in [0.25, 0.3) is 0 Å². The topological polar surface area (TPSA) is 52.0 Å². The van der Waals surface area contributed by atoms with Crippen molar-refractivity contribution in [3.05, 3.63) is 41.7 Å². The van der Waals surface area contributed by atoms with Crippen LogP contribution in [-0.4, -0.2) is 27.2 Å². The van der Waals surface area contributed by atoms with E-state index in [1.807, 2.05) is 43.1 Å². The lowest BCUT2D eigenvalue weighted by molar-refractivity contribution is 0.311. The average molecular weight is 286 g/mol. The SMILES string of the molecule is Cc1ccc(OCCc2nccn2C)c(CNC2CC2)n1. The number of aromatic nitrogens is 3. The molecule has 0 atom stereocenters. The van der Waals surface area contributed by atoms with Gasteiger partial charge in [-0.15, -0.1) is 0 Å². The van der Waals surface area contributed by atoms with Gasteiger partial charge in [0.05, 0.1) is 12.3 Å². The Labute approximate surface area is 125 Å². The molecule has 1 aliphatic rings. The van der Waals surface area contributed by atoms with Crippen molar-refractivity contribution >= 4 is 0 Å². The van der Waals surface area contributed by atoms with Gasteiger partial charge in [0.2, 0.25) is 0 Å². The molecule has 3 rings (SSSR count). The van der Waals surface area contributed by atoms with Crippen molar-refractivity contribution in [1.82, 2.24) is 19.9 Å². The van der Waals surface area contributed by atoms with E-state index in [0.717, 1.165) is 35.9 Å². The number of aryl methyl sites for hydroxylation is 2. The summed E-state index contributed by atoms with van der Waals surface area (Å²) >= 11 is 0. The van der Waals surface area contributed by atoms with Crippen LogP contribution in [0.4, 0.5) is 0 Å². The van der Waals surface area contributed by atoms with Crippen LogP contribution in [0.5, 0.6) is 5.75 Å². The van der Waals surface area contributed by atoms with Gasteiger partial charge in [0.25, 0.3) is 0 Å². The molecule has 5 heteroatoms. The third-order valence-electron chi connectivity index (χ3n) is 3.71. The maximum atomic E-state index is 5.92. The van der Waals surface area contributed by atoms with Crippen molar-refractivity contribution in [2.24, 2.45) is 7.05 Å². The van der Waals surface area contributed by atoms with Gasteiger partial charge in [-0.25, -0.2) is 4.98 Å². The quantitative estimate of drug-likeness (QED) is 0.846. The van der Waals surface area contributed by atoms with Crippen LogP contribution in [0.3, 0.4) is 0 Å². The van der Waals surface area contributed by atoms with Gasteiger partial charge < -0.3 is 14.6 Å². The molecule has 0 aliphatic heterocycles. The summed E-state index contributed by atoms with van der Waals surface area (Å²) < 4.78 is 7.94.